The first-order valence-electron chi connectivity index (χ1n) is 6.75. The summed E-state index contributed by atoms with van der Waals surface area (Å²) in [5.74, 6) is 0.808. The highest BCUT2D eigenvalue weighted by atomic mass is 35.5. The third-order valence-corrected chi connectivity index (χ3v) is 4.14. The number of anilines is 1. The Morgan fingerprint density at radius 3 is 2.52 bits per heavy atom. The minimum Gasteiger partial charge on any atom is -0.353 e. The van der Waals surface area contributed by atoms with Crippen LogP contribution in [0, 0.1) is 0 Å². The molecule has 2 aromatic rings. The second-order valence-corrected chi connectivity index (χ2v) is 5.91. The molecule has 0 unspecified atom stereocenters. The summed E-state index contributed by atoms with van der Waals surface area (Å²) in [4.78, 5) is 8.90. The molecule has 112 valence electrons. The lowest BCUT2D eigenvalue weighted by atomic mass is 10.3. The Morgan fingerprint density at radius 1 is 1.14 bits per heavy atom. The topological polar surface area (TPSA) is 50.1 Å². The lowest BCUT2D eigenvalue weighted by Gasteiger charge is -2.35. The Morgan fingerprint density at radius 2 is 1.90 bits per heavy atom. The van der Waals surface area contributed by atoms with Crippen LogP contribution in [0.2, 0.25) is 10.0 Å². The maximum atomic E-state index is 6.21. The van der Waals surface area contributed by atoms with Crippen molar-refractivity contribution in [2.24, 2.45) is 7.05 Å². The number of piperazine rings is 1. The van der Waals surface area contributed by atoms with Gasteiger partial charge in [-0.2, -0.15) is 0 Å². The number of hydrogen-bond acceptors (Lipinski definition) is 5. The summed E-state index contributed by atoms with van der Waals surface area (Å²) >= 11 is 12.1. The van der Waals surface area contributed by atoms with Crippen molar-refractivity contribution in [2.45, 2.75) is 6.54 Å². The average Bonchev–Trinajstić information content (AvgIpc) is 2.86. The van der Waals surface area contributed by atoms with Crippen LogP contribution in [0.15, 0.2) is 18.5 Å². The Labute approximate surface area is 133 Å². The first kappa shape index (κ1) is 14.6. The van der Waals surface area contributed by atoms with Crippen LogP contribution in [0.4, 0.5) is 5.82 Å². The van der Waals surface area contributed by atoms with Crippen molar-refractivity contribution in [3.8, 4) is 0 Å². The molecule has 0 saturated carbocycles. The SMILES string of the molecule is Cn1nncc1CN1CCN(c2ncc(Cl)cc2Cl)CC1. The van der Waals surface area contributed by atoms with Crippen LogP contribution in [0.25, 0.3) is 0 Å². The van der Waals surface area contributed by atoms with Gasteiger partial charge in [-0.1, -0.05) is 28.4 Å². The van der Waals surface area contributed by atoms with Gasteiger partial charge < -0.3 is 4.90 Å². The van der Waals surface area contributed by atoms with E-state index in [0.717, 1.165) is 44.2 Å². The summed E-state index contributed by atoms with van der Waals surface area (Å²) in [6, 6.07) is 1.74. The van der Waals surface area contributed by atoms with E-state index in [1.165, 1.54) is 0 Å². The van der Waals surface area contributed by atoms with Crippen LogP contribution in [0.3, 0.4) is 0 Å². The van der Waals surface area contributed by atoms with Gasteiger partial charge in [0.2, 0.25) is 0 Å². The highest BCUT2D eigenvalue weighted by molar-refractivity contribution is 6.36. The van der Waals surface area contributed by atoms with Gasteiger partial charge in [0.05, 0.1) is 21.9 Å². The van der Waals surface area contributed by atoms with Gasteiger partial charge in [-0.25, -0.2) is 4.98 Å². The third-order valence-electron chi connectivity index (χ3n) is 3.65. The molecule has 0 atom stereocenters. The van der Waals surface area contributed by atoms with Gasteiger partial charge in [0.1, 0.15) is 5.82 Å². The maximum Gasteiger partial charge on any atom is 0.147 e. The highest BCUT2D eigenvalue weighted by Gasteiger charge is 2.20. The second-order valence-electron chi connectivity index (χ2n) is 5.07. The van der Waals surface area contributed by atoms with Crippen molar-refractivity contribution in [1.82, 2.24) is 24.9 Å². The molecule has 0 amide bonds. The summed E-state index contributed by atoms with van der Waals surface area (Å²) in [6.07, 6.45) is 3.44. The van der Waals surface area contributed by atoms with Gasteiger partial charge in [0.25, 0.3) is 0 Å². The molecule has 0 aromatic carbocycles. The zero-order chi connectivity index (χ0) is 14.8. The molecule has 0 bridgehead atoms. The molecule has 21 heavy (non-hydrogen) atoms. The molecule has 1 aliphatic rings. The minimum atomic E-state index is 0.561. The number of pyridine rings is 1. The van der Waals surface area contributed by atoms with Gasteiger partial charge in [-0.05, 0) is 6.07 Å². The molecule has 8 heteroatoms. The fourth-order valence-corrected chi connectivity index (χ4v) is 2.94. The summed E-state index contributed by atoms with van der Waals surface area (Å²) in [7, 11) is 1.91. The van der Waals surface area contributed by atoms with E-state index < -0.39 is 0 Å². The largest absolute Gasteiger partial charge is 0.353 e. The molecule has 3 rings (SSSR count). The fourth-order valence-electron chi connectivity index (χ4n) is 2.44. The minimum absolute atomic E-state index is 0.561. The van der Waals surface area contributed by atoms with E-state index in [9.17, 15) is 0 Å². The highest BCUT2D eigenvalue weighted by Crippen LogP contribution is 2.26. The van der Waals surface area contributed by atoms with Crippen LogP contribution in [0.1, 0.15) is 5.69 Å². The van der Waals surface area contributed by atoms with Crippen molar-refractivity contribution < 1.29 is 0 Å². The first-order chi connectivity index (χ1) is 10.1. The standard InChI is InChI=1S/C13H16Cl2N6/c1-19-11(8-17-18-19)9-20-2-4-21(5-3-20)13-12(15)6-10(14)7-16-13/h6-8H,2-5,9H2,1H3. The molecule has 2 aromatic heterocycles. The molecule has 3 heterocycles. The monoisotopic (exact) mass is 326 g/mol. The Hall–Kier alpha value is -1.37. The number of hydrogen-bond donors (Lipinski definition) is 0. The van der Waals surface area contributed by atoms with Gasteiger partial charge in [0, 0.05) is 46.0 Å². The van der Waals surface area contributed by atoms with Crippen LogP contribution >= 0.6 is 23.2 Å². The van der Waals surface area contributed by atoms with E-state index in [2.05, 4.69) is 25.1 Å². The van der Waals surface area contributed by atoms with Gasteiger partial charge in [-0.3, -0.25) is 9.58 Å². The lowest BCUT2D eigenvalue weighted by Crippen LogP contribution is -2.46. The Bertz CT molecular complexity index is 621. The fraction of sp³-hybridized carbons (Fsp3) is 0.462. The maximum absolute atomic E-state index is 6.21. The quantitative estimate of drug-likeness (QED) is 0.861. The molecule has 1 fully saturated rings. The van der Waals surface area contributed by atoms with Crippen LogP contribution in [-0.2, 0) is 13.6 Å². The van der Waals surface area contributed by atoms with Crippen molar-refractivity contribution in [2.75, 3.05) is 31.1 Å². The van der Waals surface area contributed by atoms with Gasteiger partial charge in [-0.15, -0.1) is 5.10 Å². The van der Waals surface area contributed by atoms with Crippen LogP contribution in [-0.4, -0.2) is 51.1 Å². The van der Waals surface area contributed by atoms with E-state index >= 15 is 0 Å². The van der Waals surface area contributed by atoms with Crippen molar-refractivity contribution in [3.63, 3.8) is 0 Å². The molecule has 0 spiro atoms. The van der Waals surface area contributed by atoms with E-state index in [0.29, 0.717) is 10.0 Å². The third kappa shape index (κ3) is 3.28. The van der Waals surface area contributed by atoms with Gasteiger partial charge >= 0.3 is 0 Å². The zero-order valence-corrected chi connectivity index (χ0v) is 13.2. The predicted molar refractivity (Wildman–Crippen MR) is 82.8 cm³/mol. The first-order valence-corrected chi connectivity index (χ1v) is 7.51. The summed E-state index contributed by atoms with van der Waals surface area (Å²) in [5, 5.41) is 9.02. The number of halogens is 2. The predicted octanol–water partition coefficient (Wildman–Crippen LogP) is 1.84. The molecule has 0 aliphatic carbocycles. The number of nitrogens with zero attached hydrogens (tertiary/aromatic N) is 6. The molecule has 6 nitrogen and oxygen atoms in total. The molecule has 1 aliphatic heterocycles. The van der Waals surface area contributed by atoms with Crippen LogP contribution in [0.5, 0.6) is 0 Å². The van der Waals surface area contributed by atoms with E-state index in [1.807, 2.05) is 17.9 Å². The van der Waals surface area contributed by atoms with E-state index in [4.69, 9.17) is 23.2 Å². The molecule has 1 saturated heterocycles. The Kier molecular flexibility index (Phi) is 4.28. The Balaban J connectivity index is 1.61. The smallest absolute Gasteiger partial charge is 0.147 e. The van der Waals surface area contributed by atoms with Crippen molar-refractivity contribution in [3.05, 3.63) is 34.2 Å². The van der Waals surface area contributed by atoms with Crippen LogP contribution < -0.4 is 4.90 Å². The number of aryl methyl sites for hydroxylation is 1. The van der Waals surface area contributed by atoms with E-state index in [1.54, 1.807) is 12.3 Å². The number of aromatic nitrogens is 4. The molecule has 0 radical (unpaired) electrons. The summed E-state index contributed by atoms with van der Waals surface area (Å²) in [6.45, 7) is 4.54. The normalized spacial score (nSPS) is 16.4. The molecular weight excluding hydrogens is 311 g/mol. The van der Waals surface area contributed by atoms with Gasteiger partial charge in [0.15, 0.2) is 0 Å². The zero-order valence-electron chi connectivity index (χ0n) is 11.7. The van der Waals surface area contributed by atoms with E-state index in [-0.39, 0.29) is 0 Å². The average molecular weight is 327 g/mol. The van der Waals surface area contributed by atoms with Crippen molar-refractivity contribution in [1.29, 1.82) is 0 Å². The number of rotatable bonds is 3. The second kappa shape index (κ2) is 6.17. The van der Waals surface area contributed by atoms with Crippen molar-refractivity contribution >= 4 is 29.0 Å². The summed E-state index contributed by atoms with van der Waals surface area (Å²) < 4.78 is 1.81. The summed E-state index contributed by atoms with van der Waals surface area (Å²) in [5.41, 5.74) is 1.12. The molecular formula is C13H16Cl2N6. The lowest BCUT2D eigenvalue weighted by molar-refractivity contribution is 0.243. The molecule has 0 N–H and O–H groups in total.